The Balaban J connectivity index is 1.56. The molecular weight excluding hydrogens is 267 g/mol. The Bertz CT molecular complexity index is 621. The zero-order valence-electron chi connectivity index (χ0n) is 11.6. The molecule has 0 atom stereocenters. The monoisotopic (exact) mass is 284 g/mol. The minimum Gasteiger partial charge on any atom is -0.325 e. The lowest BCUT2D eigenvalue weighted by Gasteiger charge is -2.17. The fourth-order valence-electron chi connectivity index (χ4n) is 2.44. The molecule has 0 heterocycles. The van der Waals surface area contributed by atoms with E-state index in [4.69, 9.17) is 0 Å². The third-order valence-corrected chi connectivity index (χ3v) is 3.79. The predicted molar refractivity (Wildman–Crippen MR) is 80.4 cm³/mol. The largest absolute Gasteiger partial charge is 0.325 e. The first-order valence-electron chi connectivity index (χ1n) is 7.04. The Morgan fingerprint density at radius 1 is 1.05 bits per heavy atom. The zero-order chi connectivity index (χ0) is 14.7. The molecule has 1 saturated carbocycles. The van der Waals surface area contributed by atoms with Crippen LogP contribution in [-0.2, 0) is 10.3 Å². The number of carbonyl (C=O) groups excluding carboxylic acids is 1. The number of halogens is 1. The average molecular weight is 284 g/mol. The first-order valence-corrected chi connectivity index (χ1v) is 7.04. The van der Waals surface area contributed by atoms with Gasteiger partial charge in [-0.05, 0) is 42.7 Å². The van der Waals surface area contributed by atoms with E-state index in [0.717, 1.165) is 12.8 Å². The molecule has 0 saturated heterocycles. The molecule has 1 aliphatic rings. The second kappa shape index (κ2) is 5.66. The van der Waals surface area contributed by atoms with Gasteiger partial charge in [-0.25, -0.2) is 4.39 Å². The van der Waals surface area contributed by atoms with Crippen molar-refractivity contribution in [3.63, 3.8) is 0 Å². The summed E-state index contributed by atoms with van der Waals surface area (Å²) in [6.45, 7) is 0.242. The van der Waals surface area contributed by atoms with Crippen molar-refractivity contribution in [2.75, 3.05) is 11.9 Å². The summed E-state index contributed by atoms with van der Waals surface area (Å²) >= 11 is 0. The highest BCUT2D eigenvalue weighted by Crippen LogP contribution is 2.45. The van der Waals surface area contributed by atoms with E-state index in [2.05, 4.69) is 22.8 Å². The maximum atomic E-state index is 12.8. The third kappa shape index (κ3) is 3.28. The molecule has 0 spiro atoms. The van der Waals surface area contributed by atoms with Crippen LogP contribution in [0.4, 0.5) is 10.1 Å². The summed E-state index contributed by atoms with van der Waals surface area (Å²) in [5.74, 6) is -0.434. The second-order valence-corrected chi connectivity index (χ2v) is 5.36. The van der Waals surface area contributed by atoms with Crippen LogP contribution in [0.5, 0.6) is 0 Å². The standard InChI is InChI=1S/C17H17FN2O/c18-14-6-8-15(9-7-14)20-16(21)12-19-17(10-11-17)13-4-2-1-3-5-13/h1-9,19H,10-12H2,(H,20,21). The van der Waals surface area contributed by atoms with Crippen LogP contribution in [0.15, 0.2) is 54.6 Å². The molecule has 3 nitrogen and oxygen atoms in total. The molecule has 0 aliphatic heterocycles. The molecule has 21 heavy (non-hydrogen) atoms. The van der Waals surface area contributed by atoms with E-state index >= 15 is 0 Å². The molecule has 1 fully saturated rings. The first kappa shape index (κ1) is 13.8. The van der Waals surface area contributed by atoms with E-state index in [1.54, 1.807) is 12.1 Å². The van der Waals surface area contributed by atoms with E-state index < -0.39 is 0 Å². The number of rotatable bonds is 5. The minimum atomic E-state index is -0.313. The zero-order valence-corrected chi connectivity index (χ0v) is 11.6. The average Bonchev–Trinajstić information content (AvgIpc) is 3.30. The Morgan fingerprint density at radius 3 is 2.33 bits per heavy atom. The summed E-state index contributed by atoms with van der Waals surface area (Å²) in [4.78, 5) is 11.9. The number of benzene rings is 2. The first-order chi connectivity index (χ1) is 10.2. The SMILES string of the molecule is O=C(CNC1(c2ccccc2)CC1)Nc1ccc(F)cc1. The molecule has 0 aromatic heterocycles. The highest BCUT2D eigenvalue weighted by Gasteiger charge is 2.43. The lowest BCUT2D eigenvalue weighted by Crippen LogP contribution is -2.36. The number of hydrogen-bond donors (Lipinski definition) is 2. The Hall–Kier alpha value is -2.20. The maximum absolute atomic E-state index is 12.8. The molecule has 0 radical (unpaired) electrons. The summed E-state index contributed by atoms with van der Waals surface area (Å²) in [6, 6.07) is 15.9. The molecule has 2 aromatic rings. The molecule has 2 N–H and O–H groups in total. The number of hydrogen-bond acceptors (Lipinski definition) is 2. The smallest absolute Gasteiger partial charge is 0.238 e. The highest BCUT2D eigenvalue weighted by molar-refractivity contribution is 5.92. The van der Waals surface area contributed by atoms with Gasteiger partial charge in [0.1, 0.15) is 5.82 Å². The van der Waals surface area contributed by atoms with Gasteiger partial charge >= 0.3 is 0 Å². The van der Waals surface area contributed by atoms with Crippen molar-refractivity contribution in [3.8, 4) is 0 Å². The molecule has 0 unspecified atom stereocenters. The minimum absolute atomic E-state index is 0.0542. The Morgan fingerprint density at radius 2 is 1.71 bits per heavy atom. The number of amides is 1. The van der Waals surface area contributed by atoms with Crippen LogP contribution in [0.1, 0.15) is 18.4 Å². The fraction of sp³-hybridized carbons (Fsp3) is 0.235. The van der Waals surface area contributed by atoms with Crippen molar-refractivity contribution in [2.24, 2.45) is 0 Å². The molecule has 4 heteroatoms. The van der Waals surface area contributed by atoms with Gasteiger partial charge in [-0.3, -0.25) is 10.1 Å². The van der Waals surface area contributed by atoms with Crippen molar-refractivity contribution in [2.45, 2.75) is 18.4 Å². The number of anilines is 1. The maximum Gasteiger partial charge on any atom is 0.238 e. The second-order valence-electron chi connectivity index (χ2n) is 5.36. The van der Waals surface area contributed by atoms with Crippen LogP contribution in [-0.4, -0.2) is 12.5 Å². The van der Waals surface area contributed by atoms with Gasteiger partial charge < -0.3 is 5.32 Å². The molecule has 1 amide bonds. The predicted octanol–water partition coefficient (Wildman–Crippen LogP) is 3.04. The van der Waals surface area contributed by atoms with E-state index in [1.165, 1.54) is 17.7 Å². The van der Waals surface area contributed by atoms with Gasteiger partial charge in [-0.2, -0.15) is 0 Å². The van der Waals surface area contributed by atoms with Crippen LogP contribution in [0.2, 0.25) is 0 Å². The van der Waals surface area contributed by atoms with E-state index in [1.807, 2.05) is 18.2 Å². The highest BCUT2D eigenvalue weighted by atomic mass is 19.1. The van der Waals surface area contributed by atoms with Crippen molar-refractivity contribution in [3.05, 3.63) is 66.0 Å². The van der Waals surface area contributed by atoms with E-state index in [0.29, 0.717) is 5.69 Å². The molecule has 0 bridgehead atoms. The topological polar surface area (TPSA) is 41.1 Å². The summed E-state index contributed by atoms with van der Waals surface area (Å²) in [5, 5.41) is 6.08. The number of nitrogens with one attached hydrogen (secondary N) is 2. The van der Waals surface area contributed by atoms with Gasteiger partial charge in [-0.15, -0.1) is 0 Å². The van der Waals surface area contributed by atoms with E-state index in [-0.39, 0.29) is 23.8 Å². The summed E-state index contributed by atoms with van der Waals surface area (Å²) < 4.78 is 12.8. The molecule has 2 aromatic carbocycles. The van der Waals surface area contributed by atoms with E-state index in [9.17, 15) is 9.18 Å². The van der Waals surface area contributed by atoms with Gasteiger partial charge in [0.15, 0.2) is 0 Å². The van der Waals surface area contributed by atoms with Crippen molar-refractivity contribution < 1.29 is 9.18 Å². The summed E-state index contributed by atoms with van der Waals surface area (Å²) in [7, 11) is 0. The summed E-state index contributed by atoms with van der Waals surface area (Å²) in [5.41, 5.74) is 1.77. The Kier molecular flexibility index (Phi) is 3.71. The van der Waals surface area contributed by atoms with Gasteiger partial charge in [0.2, 0.25) is 5.91 Å². The third-order valence-electron chi connectivity index (χ3n) is 3.79. The van der Waals surface area contributed by atoms with Crippen LogP contribution in [0.3, 0.4) is 0 Å². The fourth-order valence-corrected chi connectivity index (χ4v) is 2.44. The molecule has 108 valence electrons. The lowest BCUT2D eigenvalue weighted by atomic mass is 10.1. The molecular formula is C17H17FN2O. The van der Waals surface area contributed by atoms with Crippen LogP contribution < -0.4 is 10.6 Å². The molecule has 3 rings (SSSR count). The van der Waals surface area contributed by atoms with Crippen LogP contribution in [0, 0.1) is 5.82 Å². The van der Waals surface area contributed by atoms with Gasteiger partial charge in [0.25, 0.3) is 0 Å². The van der Waals surface area contributed by atoms with Crippen molar-refractivity contribution in [1.82, 2.24) is 5.32 Å². The van der Waals surface area contributed by atoms with Crippen LogP contribution in [0.25, 0.3) is 0 Å². The van der Waals surface area contributed by atoms with Crippen molar-refractivity contribution in [1.29, 1.82) is 0 Å². The van der Waals surface area contributed by atoms with Gasteiger partial charge in [0.05, 0.1) is 6.54 Å². The lowest BCUT2D eigenvalue weighted by molar-refractivity contribution is -0.115. The Labute approximate surface area is 123 Å². The van der Waals surface area contributed by atoms with Gasteiger partial charge in [0, 0.05) is 11.2 Å². The molecule has 1 aliphatic carbocycles. The summed E-state index contributed by atoms with van der Waals surface area (Å²) in [6.07, 6.45) is 2.09. The van der Waals surface area contributed by atoms with Crippen LogP contribution >= 0.6 is 0 Å². The van der Waals surface area contributed by atoms with Crippen molar-refractivity contribution >= 4 is 11.6 Å². The van der Waals surface area contributed by atoms with Gasteiger partial charge in [-0.1, -0.05) is 30.3 Å². The number of carbonyl (C=O) groups is 1. The normalized spacial score (nSPS) is 15.5. The quantitative estimate of drug-likeness (QED) is 0.886.